The maximum atomic E-state index is 5.75. The lowest BCUT2D eigenvalue weighted by atomic mass is 10.2. The van der Waals surface area contributed by atoms with Gasteiger partial charge < -0.3 is 25.0 Å². The maximum absolute atomic E-state index is 5.75. The van der Waals surface area contributed by atoms with Gasteiger partial charge in [-0.05, 0) is 56.7 Å². The van der Waals surface area contributed by atoms with Gasteiger partial charge in [0.15, 0.2) is 5.96 Å². The summed E-state index contributed by atoms with van der Waals surface area (Å²) in [5, 5.41) is 8.72. The molecule has 8 heteroatoms. The average molecular weight is 518 g/mol. The standard InChI is InChI=1S/C20H30N4O2S.HI/c1-5-21-20(23-15-18(24(2)3)19-7-6-14-27-19)22-12-13-26-17-10-8-16(25-4)9-11-17;/h6-11,14,18H,5,12-13,15H2,1-4H3,(H2,21,22,23);1H. The molecule has 0 amide bonds. The van der Waals surface area contributed by atoms with Crippen LogP contribution in [-0.4, -0.2) is 58.3 Å². The second-order valence-corrected chi connectivity index (χ2v) is 7.14. The Labute approximate surface area is 189 Å². The molecule has 1 aromatic carbocycles. The van der Waals surface area contributed by atoms with Gasteiger partial charge in [-0.2, -0.15) is 0 Å². The minimum Gasteiger partial charge on any atom is -0.497 e. The Morgan fingerprint density at radius 1 is 1.14 bits per heavy atom. The molecule has 0 aliphatic heterocycles. The number of aliphatic imine (C=N–C) groups is 1. The third-order valence-corrected chi connectivity index (χ3v) is 4.96. The summed E-state index contributed by atoms with van der Waals surface area (Å²) in [6.07, 6.45) is 0. The van der Waals surface area contributed by atoms with Gasteiger partial charge in [-0.1, -0.05) is 6.07 Å². The van der Waals surface area contributed by atoms with Crippen LogP contribution in [-0.2, 0) is 0 Å². The van der Waals surface area contributed by atoms with E-state index in [1.807, 2.05) is 24.3 Å². The third-order valence-electron chi connectivity index (χ3n) is 3.98. The first-order valence-corrected chi connectivity index (χ1v) is 10.0. The lowest BCUT2D eigenvalue weighted by Gasteiger charge is -2.22. The number of halogens is 1. The van der Waals surface area contributed by atoms with E-state index in [2.05, 4.69) is 54.1 Å². The highest BCUT2D eigenvalue weighted by atomic mass is 127. The predicted octanol–water partition coefficient (Wildman–Crippen LogP) is 3.61. The number of hydrogen-bond acceptors (Lipinski definition) is 5. The largest absolute Gasteiger partial charge is 0.497 e. The Morgan fingerprint density at radius 2 is 1.86 bits per heavy atom. The molecule has 0 aliphatic rings. The fraction of sp³-hybridized carbons (Fsp3) is 0.450. The van der Waals surface area contributed by atoms with Gasteiger partial charge in [0.25, 0.3) is 0 Å². The third kappa shape index (κ3) is 8.24. The second kappa shape index (κ2) is 13.6. The smallest absolute Gasteiger partial charge is 0.191 e. The van der Waals surface area contributed by atoms with E-state index in [0.717, 1.165) is 24.0 Å². The molecule has 0 spiro atoms. The summed E-state index contributed by atoms with van der Waals surface area (Å²) < 4.78 is 10.9. The molecule has 1 unspecified atom stereocenters. The van der Waals surface area contributed by atoms with Crippen molar-refractivity contribution in [2.24, 2.45) is 4.99 Å². The molecular formula is C20H31IN4O2S. The summed E-state index contributed by atoms with van der Waals surface area (Å²) >= 11 is 1.77. The first-order valence-electron chi connectivity index (χ1n) is 9.13. The van der Waals surface area contributed by atoms with Crippen LogP contribution < -0.4 is 20.1 Å². The van der Waals surface area contributed by atoms with E-state index in [4.69, 9.17) is 14.5 Å². The molecule has 0 bridgehead atoms. The molecule has 1 aromatic heterocycles. The van der Waals surface area contributed by atoms with E-state index in [1.54, 1.807) is 18.4 Å². The van der Waals surface area contributed by atoms with Gasteiger partial charge >= 0.3 is 0 Å². The summed E-state index contributed by atoms with van der Waals surface area (Å²) in [7, 11) is 5.83. The summed E-state index contributed by atoms with van der Waals surface area (Å²) in [5.74, 6) is 2.45. The number of nitrogens with one attached hydrogen (secondary N) is 2. The number of likely N-dealkylation sites (N-methyl/N-ethyl adjacent to an activating group) is 1. The van der Waals surface area contributed by atoms with Crippen molar-refractivity contribution in [2.75, 3.05) is 47.4 Å². The average Bonchev–Trinajstić information content (AvgIpc) is 3.19. The van der Waals surface area contributed by atoms with Crippen LogP contribution >= 0.6 is 35.3 Å². The van der Waals surface area contributed by atoms with E-state index in [-0.39, 0.29) is 30.0 Å². The fourth-order valence-electron chi connectivity index (χ4n) is 2.52. The van der Waals surface area contributed by atoms with Crippen molar-refractivity contribution in [3.05, 3.63) is 46.7 Å². The van der Waals surface area contributed by atoms with Crippen molar-refractivity contribution in [1.29, 1.82) is 0 Å². The first kappa shape index (κ1) is 24.5. The molecule has 2 aromatic rings. The van der Waals surface area contributed by atoms with Gasteiger partial charge in [0.1, 0.15) is 18.1 Å². The van der Waals surface area contributed by atoms with E-state index < -0.39 is 0 Å². The molecule has 0 saturated carbocycles. The van der Waals surface area contributed by atoms with Crippen LogP contribution in [0.5, 0.6) is 11.5 Å². The van der Waals surface area contributed by atoms with Crippen molar-refractivity contribution in [3.63, 3.8) is 0 Å². The van der Waals surface area contributed by atoms with Gasteiger partial charge in [-0.15, -0.1) is 35.3 Å². The Balaban J connectivity index is 0.00000392. The summed E-state index contributed by atoms with van der Waals surface area (Å²) in [6.45, 7) is 4.80. The van der Waals surface area contributed by atoms with Gasteiger partial charge in [0.05, 0.1) is 26.2 Å². The molecule has 156 valence electrons. The molecule has 1 heterocycles. The van der Waals surface area contributed by atoms with Gasteiger partial charge in [0.2, 0.25) is 0 Å². The molecule has 0 radical (unpaired) electrons. The van der Waals surface area contributed by atoms with Crippen molar-refractivity contribution in [2.45, 2.75) is 13.0 Å². The SMILES string of the molecule is CCNC(=NCC(c1cccs1)N(C)C)NCCOc1ccc(OC)cc1.I. The highest BCUT2D eigenvalue weighted by Gasteiger charge is 2.14. The minimum atomic E-state index is 0. The molecule has 0 aliphatic carbocycles. The van der Waals surface area contributed by atoms with Crippen molar-refractivity contribution >= 4 is 41.3 Å². The quantitative estimate of drug-likeness (QED) is 0.218. The van der Waals surface area contributed by atoms with E-state index in [1.165, 1.54) is 4.88 Å². The topological polar surface area (TPSA) is 58.1 Å². The van der Waals surface area contributed by atoms with Crippen LogP contribution in [0.1, 0.15) is 17.8 Å². The molecule has 2 rings (SSSR count). The first-order chi connectivity index (χ1) is 13.1. The zero-order valence-electron chi connectivity index (χ0n) is 17.0. The van der Waals surface area contributed by atoms with Crippen molar-refractivity contribution in [1.82, 2.24) is 15.5 Å². The monoisotopic (exact) mass is 518 g/mol. The zero-order chi connectivity index (χ0) is 19.5. The fourth-order valence-corrected chi connectivity index (χ4v) is 3.43. The van der Waals surface area contributed by atoms with Crippen LogP contribution in [0, 0.1) is 0 Å². The molecular weight excluding hydrogens is 487 g/mol. The molecule has 6 nitrogen and oxygen atoms in total. The van der Waals surface area contributed by atoms with E-state index in [0.29, 0.717) is 19.7 Å². The Bertz CT molecular complexity index is 678. The highest BCUT2D eigenvalue weighted by Crippen LogP contribution is 2.23. The zero-order valence-corrected chi connectivity index (χ0v) is 20.1. The van der Waals surface area contributed by atoms with Crippen LogP contribution in [0.4, 0.5) is 0 Å². The lowest BCUT2D eigenvalue weighted by molar-refractivity contribution is 0.309. The predicted molar refractivity (Wildman–Crippen MR) is 129 cm³/mol. The Morgan fingerprint density at radius 3 is 2.43 bits per heavy atom. The summed E-state index contributed by atoms with van der Waals surface area (Å²) in [4.78, 5) is 8.27. The molecule has 0 saturated heterocycles. The van der Waals surface area contributed by atoms with Crippen molar-refractivity contribution < 1.29 is 9.47 Å². The lowest BCUT2D eigenvalue weighted by Crippen LogP contribution is -2.40. The number of methoxy groups -OCH3 is 1. The molecule has 1 atom stereocenters. The normalized spacial score (nSPS) is 12.2. The van der Waals surface area contributed by atoms with E-state index >= 15 is 0 Å². The van der Waals surface area contributed by atoms with E-state index in [9.17, 15) is 0 Å². The number of guanidine groups is 1. The number of benzene rings is 1. The molecule has 28 heavy (non-hydrogen) atoms. The number of nitrogens with zero attached hydrogens (tertiary/aromatic N) is 2. The van der Waals surface area contributed by atoms with Crippen LogP contribution in [0.15, 0.2) is 46.8 Å². The second-order valence-electron chi connectivity index (χ2n) is 6.17. The summed E-state index contributed by atoms with van der Waals surface area (Å²) in [5.41, 5.74) is 0. The van der Waals surface area contributed by atoms with Crippen LogP contribution in [0.2, 0.25) is 0 Å². The van der Waals surface area contributed by atoms with Crippen LogP contribution in [0.25, 0.3) is 0 Å². The maximum Gasteiger partial charge on any atom is 0.191 e. The number of thiophene rings is 1. The number of ether oxygens (including phenoxy) is 2. The minimum absolute atomic E-state index is 0. The van der Waals surface area contributed by atoms with Gasteiger partial charge in [-0.3, -0.25) is 4.99 Å². The summed E-state index contributed by atoms with van der Waals surface area (Å²) in [6, 6.07) is 12.1. The Kier molecular flexibility index (Phi) is 11.9. The van der Waals surface area contributed by atoms with Crippen molar-refractivity contribution in [3.8, 4) is 11.5 Å². The molecule has 0 fully saturated rings. The number of rotatable bonds is 10. The van der Waals surface area contributed by atoms with Gasteiger partial charge in [0, 0.05) is 11.4 Å². The van der Waals surface area contributed by atoms with Crippen LogP contribution in [0.3, 0.4) is 0 Å². The highest BCUT2D eigenvalue weighted by molar-refractivity contribution is 14.0. The molecule has 2 N–H and O–H groups in total. The Hall–Kier alpha value is -1.52. The van der Waals surface area contributed by atoms with Gasteiger partial charge in [-0.25, -0.2) is 0 Å². The number of hydrogen-bond donors (Lipinski definition) is 2.